The first-order chi connectivity index (χ1) is 12.9. The Kier molecular flexibility index (Phi) is 7.82. The lowest BCUT2D eigenvalue weighted by Gasteiger charge is -2.44. The Bertz CT molecular complexity index is 664. The van der Waals surface area contributed by atoms with Crippen LogP contribution >= 0.6 is 0 Å². The Labute approximate surface area is 164 Å². The molecule has 2 aliphatic rings. The van der Waals surface area contributed by atoms with E-state index in [0.29, 0.717) is 18.5 Å². The number of ketones is 2. The summed E-state index contributed by atoms with van der Waals surface area (Å²) in [6.45, 7) is 13.3. The van der Waals surface area contributed by atoms with Gasteiger partial charge in [-0.1, -0.05) is 64.5 Å². The maximum Gasteiger partial charge on any atom is 0.186 e. The van der Waals surface area contributed by atoms with Crippen LogP contribution in [0.2, 0.25) is 0 Å². The van der Waals surface area contributed by atoms with Gasteiger partial charge in [0.1, 0.15) is 5.78 Å². The van der Waals surface area contributed by atoms with Crippen molar-refractivity contribution in [3.8, 4) is 0 Å². The van der Waals surface area contributed by atoms with Gasteiger partial charge < -0.3 is 4.90 Å². The summed E-state index contributed by atoms with van der Waals surface area (Å²) in [6.07, 6.45) is 13.4. The molecule has 1 aliphatic heterocycles. The standard InChI is InChI=1S/C24H35NO2/c1-6-9-10-11-17(4)16-25-20(14-19(7-2)8-3)12-13-21-18(5)22(26)15-23(27)24(21)25/h6,9-11,18-20H,4,7-8,12-16H2,1-3,5H3/b9-6-,11-10-. The molecule has 0 amide bonds. The highest BCUT2D eigenvalue weighted by atomic mass is 16.2. The molecule has 1 heterocycles. The van der Waals surface area contributed by atoms with Gasteiger partial charge in [-0.15, -0.1) is 0 Å². The van der Waals surface area contributed by atoms with E-state index in [2.05, 4.69) is 25.3 Å². The first-order valence-corrected chi connectivity index (χ1v) is 10.5. The zero-order chi connectivity index (χ0) is 20.0. The van der Waals surface area contributed by atoms with Crippen molar-refractivity contribution in [1.82, 2.24) is 4.90 Å². The maximum atomic E-state index is 12.8. The highest BCUT2D eigenvalue weighted by Gasteiger charge is 2.40. The molecule has 27 heavy (non-hydrogen) atoms. The van der Waals surface area contributed by atoms with Gasteiger partial charge >= 0.3 is 0 Å². The Morgan fingerprint density at radius 3 is 2.59 bits per heavy atom. The minimum atomic E-state index is -0.124. The van der Waals surface area contributed by atoms with Crippen LogP contribution in [-0.2, 0) is 9.59 Å². The number of carbonyl (C=O) groups is 2. The molecule has 0 spiro atoms. The second kappa shape index (κ2) is 9.87. The molecular formula is C24H35NO2. The molecule has 0 aromatic heterocycles. The molecule has 0 fully saturated rings. The molecule has 2 rings (SSSR count). The van der Waals surface area contributed by atoms with E-state index in [1.807, 2.05) is 38.2 Å². The number of rotatable bonds is 8. The highest BCUT2D eigenvalue weighted by Crippen LogP contribution is 2.39. The van der Waals surface area contributed by atoms with Crippen LogP contribution in [0.1, 0.15) is 66.2 Å². The fraction of sp³-hybridized carbons (Fsp3) is 0.583. The number of hydrogen-bond acceptors (Lipinski definition) is 3. The Hall–Kier alpha value is -1.90. The maximum absolute atomic E-state index is 12.8. The van der Waals surface area contributed by atoms with E-state index in [0.717, 1.165) is 48.9 Å². The van der Waals surface area contributed by atoms with E-state index >= 15 is 0 Å². The van der Waals surface area contributed by atoms with Gasteiger partial charge in [0.2, 0.25) is 0 Å². The fourth-order valence-corrected chi connectivity index (χ4v) is 4.35. The van der Waals surface area contributed by atoms with Crippen molar-refractivity contribution in [3.05, 3.63) is 47.7 Å². The van der Waals surface area contributed by atoms with Crippen molar-refractivity contribution < 1.29 is 9.59 Å². The molecule has 3 heteroatoms. The molecule has 0 N–H and O–H groups in total. The van der Waals surface area contributed by atoms with Crippen molar-refractivity contribution in [3.63, 3.8) is 0 Å². The zero-order valence-corrected chi connectivity index (χ0v) is 17.5. The molecule has 0 aromatic carbocycles. The number of nitrogens with zero attached hydrogens (tertiary/aromatic N) is 1. The van der Waals surface area contributed by atoms with Crippen molar-refractivity contribution in [2.24, 2.45) is 11.8 Å². The Balaban J connectivity index is 2.34. The normalized spacial score (nSPS) is 23.8. The lowest BCUT2D eigenvalue weighted by atomic mass is 9.77. The third-order valence-corrected chi connectivity index (χ3v) is 6.15. The van der Waals surface area contributed by atoms with Gasteiger partial charge in [0.25, 0.3) is 0 Å². The van der Waals surface area contributed by atoms with Crippen LogP contribution in [0.4, 0.5) is 0 Å². The van der Waals surface area contributed by atoms with Crippen LogP contribution in [0.15, 0.2) is 47.7 Å². The zero-order valence-electron chi connectivity index (χ0n) is 17.5. The molecule has 2 atom stereocenters. The summed E-state index contributed by atoms with van der Waals surface area (Å²) in [5.41, 5.74) is 2.88. The van der Waals surface area contributed by atoms with Crippen LogP contribution in [0.5, 0.6) is 0 Å². The number of carbonyl (C=O) groups excluding carboxylic acids is 2. The van der Waals surface area contributed by atoms with Crippen LogP contribution in [0.3, 0.4) is 0 Å². The molecule has 3 nitrogen and oxygen atoms in total. The minimum absolute atomic E-state index is 0.00702. The predicted molar refractivity (Wildman–Crippen MR) is 112 cm³/mol. The van der Waals surface area contributed by atoms with Gasteiger partial charge in [0.15, 0.2) is 5.78 Å². The monoisotopic (exact) mass is 369 g/mol. The highest BCUT2D eigenvalue weighted by molar-refractivity contribution is 6.12. The minimum Gasteiger partial charge on any atom is -0.361 e. The molecule has 148 valence electrons. The smallest absolute Gasteiger partial charge is 0.186 e. The van der Waals surface area contributed by atoms with Gasteiger partial charge in [0, 0.05) is 18.5 Å². The fourth-order valence-electron chi connectivity index (χ4n) is 4.35. The summed E-state index contributed by atoms with van der Waals surface area (Å²) >= 11 is 0. The van der Waals surface area contributed by atoms with Gasteiger partial charge in [-0.05, 0) is 43.3 Å². The lowest BCUT2D eigenvalue weighted by Crippen LogP contribution is -2.46. The summed E-state index contributed by atoms with van der Waals surface area (Å²) < 4.78 is 0. The molecular weight excluding hydrogens is 334 g/mol. The number of Topliss-reactive ketones (excluding diaryl/α,β-unsaturated/α-hetero) is 2. The average Bonchev–Trinajstić information content (AvgIpc) is 2.65. The quantitative estimate of drug-likeness (QED) is 0.425. The van der Waals surface area contributed by atoms with Gasteiger partial charge in [-0.3, -0.25) is 9.59 Å². The van der Waals surface area contributed by atoms with E-state index in [9.17, 15) is 9.59 Å². The van der Waals surface area contributed by atoms with E-state index in [-0.39, 0.29) is 23.9 Å². The van der Waals surface area contributed by atoms with Crippen molar-refractivity contribution in [1.29, 1.82) is 0 Å². The van der Waals surface area contributed by atoms with E-state index in [4.69, 9.17) is 0 Å². The summed E-state index contributed by atoms with van der Waals surface area (Å²) in [5, 5.41) is 0. The lowest BCUT2D eigenvalue weighted by molar-refractivity contribution is -0.129. The summed E-state index contributed by atoms with van der Waals surface area (Å²) in [4.78, 5) is 27.3. The van der Waals surface area contributed by atoms with Gasteiger partial charge in [-0.25, -0.2) is 0 Å². The molecule has 0 radical (unpaired) electrons. The average molecular weight is 370 g/mol. The molecule has 0 bridgehead atoms. The number of allylic oxidation sites excluding steroid dienone is 5. The predicted octanol–water partition coefficient (Wildman–Crippen LogP) is 5.40. The van der Waals surface area contributed by atoms with Crippen LogP contribution in [0, 0.1) is 11.8 Å². The summed E-state index contributed by atoms with van der Waals surface area (Å²) in [6, 6.07) is 0.352. The van der Waals surface area contributed by atoms with E-state index in [1.165, 1.54) is 0 Å². The second-order valence-corrected chi connectivity index (χ2v) is 7.94. The first-order valence-electron chi connectivity index (χ1n) is 10.5. The second-order valence-electron chi connectivity index (χ2n) is 7.94. The topological polar surface area (TPSA) is 37.4 Å². The van der Waals surface area contributed by atoms with Crippen molar-refractivity contribution in [2.75, 3.05) is 6.54 Å². The Morgan fingerprint density at radius 2 is 1.96 bits per heavy atom. The molecule has 0 aromatic rings. The SMILES string of the molecule is C=C(/C=C\C=C/C)CN1C2=C(CCC1CC(CC)CC)C(C)C(=O)CC2=O. The third-order valence-electron chi connectivity index (χ3n) is 6.15. The van der Waals surface area contributed by atoms with E-state index in [1.54, 1.807) is 0 Å². The first kappa shape index (κ1) is 21.4. The van der Waals surface area contributed by atoms with Crippen LogP contribution in [-0.4, -0.2) is 29.1 Å². The largest absolute Gasteiger partial charge is 0.361 e. The van der Waals surface area contributed by atoms with Crippen molar-refractivity contribution >= 4 is 11.6 Å². The third kappa shape index (κ3) is 5.09. The summed E-state index contributed by atoms with van der Waals surface area (Å²) in [7, 11) is 0. The van der Waals surface area contributed by atoms with Crippen LogP contribution < -0.4 is 0 Å². The van der Waals surface area contributed by atoms with Gasteiger partial charge in [-0.2, -0.15) is 0 Å². The Morgan fingerprint density at radius 1 is 1.26 bits per heavy atom. The summed E-state index contributed by atoms with van der Waals surface area (Å²) in [5.74, 6) is 0.627. The molecule has 0 saturated carbocycles. The molecule has 0 saturated heterocycles. The molecule has 1 aliphatic carbocycles. The number of hydrogen-bond donors (Lipinski definition) is 0. The van der Waals surface area contributed by atoms with Gasteiger partial charge in [0.05, 0.1) is 12.1 Å². The van der Waals surface area contributed by atoms with E-state index < -0.39 is 0 Å². The van der Waals surface area contributed by atoms with Crippen molar-refractivity contribution in [2.45, 2.75) is 72.3 Å². The van der Waals surface area contributed by atoms with Crippen LogP contribution in [0.25, 0.3) is 0 Å². The molecule has 2 unspecified atom stereocenters.